The number of rotatable bonds is 4. The van der Waals surface area contributed by atoms with Crippen molar-refractivity contribution in [3.63, 3.8) is 0 Å². The predicted octanol–water partition coefficient (Wildman–Crippen LogP) is 5.01. The molecule has 0 aliphatic rings. The summed E-state index contributed by atoms with van der Waals surface area (Å²) >= 11 is 0. The Bertz CT molecular complexity index is 1090. The second-order valence-corrected chi connectivity index (χ2v) is 8.15. The highest BCUT2D eigenvalue weighted by Crippen LogP contribution is 2.30. The summed E-state index contributed by atoms with van der Waals surface area (Å²) in [6, 6.07) is 14.6. The first kappa shape index (κ1) is 18.2. The molecule has 5 nitrogen and oxygen atoms in total. The fourth-order valence-electron chi connectivity index (χ4n) is 3.11. The van der Waals surface area contributed by atoms with Crippen molar-refractivity contribution in [2.24, 2.45) is 0 Å². The van der Waals surface area contributed by atoms with Crippen LogP contribution in [-0.4, -0.2) is 19.6 Å². The summed E-state index contributed by atoms with van der Waals surface area (Å²) in [5.74, 6) is 0.928. The van der Waals surface area contributed by atoms with Gasteiger partial charge in [-0.25, -0.2) is 4.98 Å². The Morgan fingerprint density at radius 2 is 1.82 bits per heavy atom. The smallest absolute Gasteiger partial charge is 0.165 e. The zero-order chi connectivity index (χ0) is 19.7. The lowest BCUT2D eigenvalue weighted by Gasteiger charge is -2.20. The molecule has 0 saturated heterocycles. The van der Waals surface area contributed by atoms with Crippen LogP contribution in [0.2, 0.25) is 0 Å². The van der Waals surface area contributed by atoms with E-state index in [0.717, 1.165) is 33.8 Å². The van der Waals surface area contributed by atoms with Crippen LogP contribution in [0.1, 0.15) is 37.6 Å². The van der Waals surface area contributed by atoms with Gasteiger partial charge in [0.15, 0.2) is 5.65 Å². The molecule has 0 fully saturated rings. The Hall–Kier alpha value is -3.21. The maximum Gasteiger partial charge on any atom is 0.165 e. The number of nitrogens with one attached hydrogen (secondary N) is 1. The molecule has 0 bridgehead atoms. The first-order chi connectivity index (χ1) is 13.4. The van der Waals surface area contributed by atoms with Crippen LogP contribution < -0.4 is 5.32 Å². The largest absolute Gasteiger partial charge is 0.366 e. The minimum Gasteiger partial charge on any atom is -0.366 e. The van der Waals surface area contributed by atoms with E-state index in [-0.39, 0.29) is 5.41 Å². The molecule has 0 amide bonds. The summed E-state index contributed by atoms with van der Waals surface area (Å²) in [4.78, 5) is 9.16. The van der Waals surface area contributed by atoms with Crippen LogP contribution in [0.3, 0.4) is 0 Å². The number of anilines is 1. The molecule has 0 saturated carbocycles. The molecule has 1 N–H and O–H groups in total. The van der Waals surface area contributed by atoms with Crippen LogP contribution in [0.5, 0.6) is 0 Å². The summed E-state index contributed by atoms with van der Waals surface area (Å²) in [5, 5.41) is 8.14. The van der Waals surface area contributed by atoms with Crippen molar-refractivity contribution in [3.05, 3.63) is 77.9 Å². The molecule has 0 atom stereocenters. The second-order valence-electron chi connectivity index (χ2n) is 8.15. The number of benzene rings is 1. The van der Waals surface area contributed by atoms with Gasteiger partial charge in [0.25, 0.3) is 0 Å². The maximum atomic E-state index is 4.97. The van der Waals surface area contributed by atoms with Crippen molar-refractivity contribution in [3.8, 4) is 11.1 Å². The van der Waals surface area contributed by atoms with Crippen molar-refractivity contribution in [2.45, 2.75) is 39.7 Å². The number of nitrogens with zero attached hydrogens (tertiary/aromatic N) is 4. The van der Waals surface area contributed by atoms with Gasteiger partial charge in [-0.1, -0.05) is 56.7 Å². The Labute approximate surface area is 165 Å². The molecule has 0 radical (unpaired) electrons. The normalized spacial score (nSPS) is 11.7. The molecule has 0 aliphatic carbocycles. The summed E-state index contributed by atoms with van der Waals surface area (Å²) in [7, 11) is 0. The van der Waals surface area contributed by atoms with Gasteiger partial charge in [-0.05, 0) is 24.1 Å². The van der Waals surface area contributed by atoms with Crippen LogP contribution >= 0.6 is 0 Å². The fraction of sp³-hybridized carbons (Fsp3) is 0.261. The fourth-order valence-corrected chi connectivity index (χ4v) is 3.11. The lowest BCUT2D eigenvalue weighted by atomic mass is 9.92. The SMILES string of the molecule is Cc1ccc(-c2cnn3c(NCc4cccnc4)cc(C(C)(C)C)nc23)cc1. The molecule has 4 rings (SSSR count). The highest BCUT2D eigenvalue weighted by Gasteiger charge is 2.20. The van der Waals surface area contributed by atoms with Crippen molar-refractivity contribution in [1.82, 2.24) is 19.6 Å². The van der Waals surface area contributed by atoms with E-state index >= 15 is 0 Å². The Balaban J connectivity index is 1.81. The molecule has 0 spiro atoms. The predicted molar refractivity (Wildman–Crippen MR) is 113 cm³/mol. The molecule has 142 valence electrons. The van der Waals surface area contributed by atoms with Gasteiger partial charge >= 0.3 is 0 Å². The Morgan fingerprint density at radius 3 is 2.50 bits per heavy atom. The van der Waals surface area contributed by atoms with Gasteiger partial charge in [0.05, 0.1) is 11.9 Å². The van der Waals surface area contributed by atoms with Gasteiger partial charge in [-0.15, -0.1) is 0 Å². The quantitative estimate of drug-likeness (QED) is 0.548. The van der Waals surface area contributed by atoms with E-state index in [0.29, 0.717) is 6.54 Å². The van der Waals surface area contributed by atoms with E-state index in [1.807, 2.05) is 23.0 Å². The molecule has 3 aromatic heterocycles. The summed E-state index contributed by atoms with van der Waals surface area (Å²) in [6.45, 7) is 9.31. The zero-order valence-corrected chi connectivity index (χ0v) is 16.8. The monoisotopic (exact) mass is 371 g/mol. The van der Waals surface area contributed by atoms with Crippen LogP contribution in [0.25, 0.3) is 16.8 Å². The highest BCUT2D eigenvalue weighted by atomic mass is 15.3. The second kappa shape index (κ2) is 7.08. The average molecular weight is 371 g/mol. The minimum atomic E-state index is -0.0682. The van der Waals surface area contributed by atoms with Gasteiger partial charge in [0.2, 0.25) is 0 Å². The van der Waals surface area contributed by atoms with Gasteiger partial charge in [0.1, 0.15) is 5.82 Å². The first-order valence-electron chi connectivity index (χ1n) is 9.51. The van der Waals surface area contributed by atoms with Crippen molar-refractivity contribution < 1.29 is 0 Å². The van der Waals surface area contributed by atoms with Crippen LogP contribution in [-0.2, 0) is 12.0 Å². The minimum absolute atomic E-state index is 0.0682. The molecular formula is C23H25N5. The van der Waals surface area contributed by atoms with Gasteiger partial charge in [-0.3, -0.25) is 4.98 Å². The summed E-state index contributed by atoms with van der Waals surface area (Å²) < 4.78 is 1.89. The first-order valence-corrected chi connectivity index (χ1v) is 9.51. The zero-order valence-electron chi connectivity index (χ0n) is 16.8. The average Bonchev–Trinajstić information content (AvgIpc) is 3.11. The number of hydrogen-bond donors (Lipinski definition) is 1. The molecule has 0 unspecified atom stereocenters. The topological polar surface area (TPSA) is 55.1 Å². The van der Waals surface area contributed by atoms with E-state index in [1.165, 1.54) is 5.56 Å². The highest BCUT2D eigenvalue weighted by molar-refractivity contribution is 5.78. The maximum absolute atomic E-state index is 4.97. The van der Waals surface area contributed by atoms with Gasteiger partial charge < -0.3 is 5.32 Å². The summed E-state index contributed by atoms with van der Waals surface area (Å²) in [6.07, 6.45) is 5.55. The number of pyridine rings is 1. The van der Waals surface area contributed by atoms with E-state index in [1.54, 1.807) is 6.20 Å². The lowest BCUT2D eigenvalue weighted by molar-refractivity contribution is 0.568. The third-order valence-electron chi connectivity index (χ3n) is 4.80. The van der Waals surface area contributed by atoms with E-state index in [9.17, 15) is 0 Å². The molecule has 28 heavy (non-hydrogen) atoms. The molecule has 5 heteroatoms. The van der Waals surface area contributed by atoms with Gasteiger partial charge in [-0.2, -0.15) is 9.61 Å². The third-order valence-corrected chi connectivity index (χ3v) is 4.80. The van der Waals surface area contributed by atoms with Crippen molar-refractivity contribution in [2.75, 3.05) is 5.32 Å². The third kappa shape index (κ3) is 3.60. The van der Waals surface area contributed by atoms with E-state index in [2.05, 4.69) is 79.5 Å². The van der Waals surface area contributed by atoms with Crippen LogP contribution in [0.4, 0.5) is 5.82 Å². The molecule has 1 aromatic carbocycles. The number of aromatic nitrogens is 4. The van der Waals surface area contributed by atoms with Crippen LogP contribution in [0.15, 0.2) is 61.1 Å². The summed E-state index contributed by atoms with van der Waals surface area (Å²) in [5.41, 5.74) is 6.35. The standard InChI is InChI=1S/C23H25N5/c1-16-7-9-18(10-8-16)19-15-26-28-21(25-14-17-6-5-11-24-13-17)12-20(23(2,3)4)27-22(19)28/h5-13,15,25H,14H2,1-4H3. The molecule has 0 aliphatic heterocycles. The van der Waals surface area contributed by atoms with Gasteiger partial charge in [0, 0.05) is 36.0 Å². The van der Waals surface area contributed by atoms with E-state index in [4.69, 9.17) is 4.98 Å². The number of fused-ring (bicyclic) bond motifs is 1. The van der Waals surface area contributed by atoms with Crippen molar-refractivity contribution in [1.29, 1.82) is 0 Å². The molecule has 3 heterocycles. The molecule has 4 aromatic rings. The van der Waals surface area contributed by atoms with E-state index < -0.39 is 0 Å². The van der Waals surface area contributed by atoms with Crippen LogP contribution in [0, 0.1) is 6.92 Å². The Morgan fingerprint density at radius 1 is 1.04 bits per heavy atom. The number of aryl methyl sites for hydroxylation is 1. The number of hydrogen-bond acceptors (Lipinski definition) is 4. The lowest BCUT2D eigenvalue weighted by Crippen LogP contribution is -2.16. The Kier molecular flexibility index (Phi) is 4.59. The molecular weight excluding hydrogens is 346 g/mol. The van der Waals surface area contributed by atoms with Crippen molar-refractivity contribution >= 4 is 11.5 Å².